The summed E-state index contributed by atoms with van der Waals surface area (Å²) in [4.78, 5) is 16.4. The summed E-state index contributed by atoms with van der Waals surface area (Å²) in [6.07, 6.45) is 3.61. The number of ketones is 1. The van der Waals surface area contributed by atoms with E-state index in [0.29, 0.717) is 6.42 Å². The lowest BCUT2D eigenvalue weighted by atomic mass is 9.83. The first kappa shape index (κ1) is 14.4. The molecule has 0 bridgehead atoms. The summed E-state index contributed by atoms with van der Waals surface area (Å²) < 4.78 is 1.78. The molecule has 1 unspecified atom stereocenters. The highest BCUT2D eigenvalue weighted by atomic mass is 16.1. The molecule has 0 radical (unpaired) electrons. The molecule has 2 rings (SSSR count). The minimum absolute atomic E-state index is 0.00111. The number of rotatable bonds is 4. The molecule has 0 saturated heterocycles. The smallest absolute Gasteiger partial charge is 0.165 e. The Labute approximate surface area is 119 Å². The van der Waals surface area contributed by atoms with Gasteiger partial charge in [0.1, 0.15) is 12.7 Å². The normalized spacial score (nSPS) is 13.2. The van der Waals surface area contributed by atoms with E-state index < -0.39 is 0 Å². The maximum Gasteiger partial charge on any atom is 0.165 e. The van der Waals surface area contributed by atoms with Gasteiger partial charge in [0.15, 0.2) is 5.78 Å². The average Bonchev–Trinajstić information content (AvgIpc) is 2.88. The third-order valence-corrected chi connectivity index (χ3v) is 3.51. The van der Waals surface area contributed by atoms with Gasteiger partial charge in [-0.15, -0.1) is 0 Å². The second-order valence-electron chi connectivity index (χ2n) is 6.25. The van der Waals surface area contributed by atoms with Crippen molar-refractivity contribution in [1.29, 1.82) is 0 Å². The Hall–Kier alpha value is -1.97. The number of benzene rings is 1. The minimum Gasteiger partial charge on any atom is -0.294 e. The van der Waals surface area contributed by atoms with Gasteiger partial charge in [-0.05, 0) is 12.3 Å². The third kappa shape index (κ3) is 3.32. The molecule has 0 N–H and O–H groups in total. The maximum atomic E-state index is 12.4. The van der Waals surface area contributed by atoms with Crippen molar-refractivity contribution in [3.63, 3.8) is 0 Å². The molecule has 106 valence electrons. The highest BCUT2D eigenvalue weighted by molar-refractivity contribution is 5.96. The van der Waals surface area contributed by atoms with Crippen molar-refractivity contribution in [2.24, 2.45) is 5.41 Å². The van der Waals surface area contributed by atoms with Crippen LogP contribution in [0.4, 0.5) is 0 Å². The molecule has 20 heavy (non-hydrogen) atoms. The molecular formula is C16H21N3O. The first-order chi connectivity index (χ1) is 9.38. The van der Waals surface area contributed by atoms with Gasteiger partial charge in [-0.25, -0.2) is 9.67 Å². The van der Waals surface area contributed by atoms with E-state index >= 15 is 0 Å². The van der Waals surface area contributed by atoms with Crippen LogP contribution in [0.1, 0.15) is 49.2 Å². The van der Waals surface area contributed by atoms with Crippen molar-refractivity contribution in [3.8, 4) is 0 Å². The lowest BCUT2D eigenvalue weighted by Crippen LogP contribution is -2.27. The van der Waals surface area contributed by atoms with Crippen LogP contribution < -0.4 is 0 Å². The van der Waals surface area contributed by atoms with Crippen molar-refractivity contribution in [2.75, 3.05) is 0 Å². The average molecular weight is 271 g/mol. The lowest BCUT2D eigenvalue weighted by Gasteiger charge is -2.30. The van der Waals surface area contributed by atoms with E-state index in [1.807, 2.05) is 31.2 Å². The number of Topliss-reactive ketones (excluding diaryl/α,β-unsaturated/α-hetero) is 1. The van der Waals surface area contributed by atoms with Crippen LogP contribution in [0.3, 0.4) is 0 Å². The molecule has 1 heterocycles. The largest absolute Gasteiger partial charge is 0.294 e. The lowest BCUT2D eigenvalue weighted by molar-refractivity contribution is 0.0913. The highest BCUT2D eigenvalue weighted by Crippen LogP contribution is 2.33. The highest BCUT2D eigenvalue weighted by Gasteiger charge is 2.29. The van der Waals surface area contributed by atoms with E-state index in [1.54, 1.807) is 11.0 Å². The molecule has 1 aromatic carbocycles. The zero-order valence-corrected chi connectivity index (χ0v) is 12.5. The van der Waals surface area contributed by atoms with Crippen LogP contribution in [0.25, 0.3) is 0 Å². The minimum atomic E-state index is -0.0615. The first-order valence-electron chi connectivity index (χ1n) is 6.82. The van der Waals surface area contributed by atoms with E-state index in [4.69, 9.17) is 0 Å². The standard InChI is InChI=1S/C16H21N3O/c1-12-5-7-13(8-6-12)14(20)9-15(16(2,3)4)19-11-17-10-18-19/h5-8,10-11,15H,9H2,1-4H3. The Morgan fingerprint density at radius 3 is 2.40 bits per heavy atom. The number of aryl methyl sites for hydroxylation is 1. The number of hydrogen-bond donors (Lipinski definition) is 0. The first-order valence-corrected chi connectivity index (χ1v) is 6.82. The molecule has 0 aliphatic rings. The van der Waals surface area contributed by atoms with Crippen LogP contribution in [0.2, 0.25) is 0 Å². The summed E-state index contributed by atoms with van der Waals surface area (Å²) in [5.41, 5.74) is 1.85. The Morgan fingerprint density at radius 2 is 1.90 bits per heavy atom. The summed E-state index contributed by atoms with van der Waals surface area (Å²) in [6.45, 7) is 8.35. The zero-order valence-electron chi connectivity index (χ0n) is 12.5. The topological polar surface area (TPSA) is 47.8 Å². The van der Waals surface area contributed by atoms with E-state index in [-0.39, 0.29) is 17.2 Å². The summed E-state index contributed by atoms with van der Waals surface area (Å²) in [5, 5.41) is 4.20. The second-order valence-corrected chi connectivity index (χ2v) is 6.25. The van der Waals surface area contributed by atoms with Gasteiger partial charge in [0, 0.05) is 12.0 Å². The summed E-state index contributed by atoms with van der Waals surface area (Å²) >= 11 is 0. The van der Waals surface area contributed by atoms with Crippen LogP contribution in [0, 0.1) is 12.3 Å². The Morgan fingerprint density at radius 1 is 1.25 bits per heavy atom. The van der Waals surface area contributed by atoms with Gasteiger partial charge in [0.2, 0.25) is 0 Å². The van der Waals surface area contributed by atoms with Crippen molar-refractivity contribution in [2.45, 2.75) is 40.2 Å². The second kappa shape index (κ2) is 5.57. The predicted octanol–water partition coefficient (Wildman–Crippen LogP) is 3.45. The van der Waals surface area contributed by atoms with Gasteiger partial charge >= 0.3 is 0 Å². The molecule has 0 aliphatic heterocycles. The van der Waals surface area contributed by atoms with Gasteiger partial charge in [0.25, 0.3) is 0 Å². The molecule has 0 aliphatic carbocycles. The fourth-order valence-corrected chi connectivity index (χ4v) is 2.21. The van der Waals surface area contributed by atoms with Gasteiger partial charge in [-0.1, -0.05) is 50.6 Å². The zero-order chi connectivity index (χ0) is 14.8. The molecule has 0 amide bonds. The van der Waals surface area contributed by atoms with Crippen LogP contribution in [0.15, 0.2) is 36.9 Å². The number of carbonyl (C=O) groups is 1. The van der Waals surface area contributed by atoms with Crippen LogP contribution in [-0.4, -0.2) is 20.5 Å². The Kier molecular flexibility index (Phi) is 4.02. The number of nitrogens with zero attached hydrogens (tertiary/aromatic N) is 3. The Bertz CT molecular complexity index is 565. The number of aromatic nitrogens is 3. The summed E-state index contributed by atoms with van der Waals surface area (Å²) in [6, 6.07) is 7.71. The predicted molar refractivity (Wildman–Crippen MR) is 78.6 cm³/mol. The van der Waals surface area contributed by atoms with E-state index in [2.05, 4.69) is 30.9 Å². The molecule has 4 heteroatoms. The SMILES string of the molecule is Cc1ccc(C(=O)CC(n2cncn2)C(C)(C)C)cc1. The van der Waals surface area contributed by atoms with Crippen LogP contribution in [0.5, 0.6) is 0 Å². The van der Waals surface area contributed by atoms with Gasteiger partial charge in [0.05, 0.1) is 6.04 Å². The van der Waals surface area contributed by atoms with E-state index in [0.717, 1.165) is 11.1 Å². The van der Waals surface area contributed by atoms with E-state index in [9.17, 15) is 4.79 Å². The van der Waals surface area contributed by atoms with Crippen LogP contribution in [-0.2, 0) is 0 Å². The number of hydrogen-bond acceptors (Lipinski definition) is 3. The molecule has 4 nitrogen and oxygen atoms in total. The van der Waals surface area contributed by atoms with Crippen molar-refractivity contribution < 1.29 is 4.79 Å². The third-order valence-electron chi connectivity index (χ3n) is 3.51. The quantitative estimate of drug-likeness (QED) is 0.800. The summed E-state index contributed by atoms with van der Waals surface area (Å²) in [7, 11) is 0. The molecule has 2 aromatic rings. The molecular weight excluding hydrogens is 250 g/mol. The summed E-state index contributed by atoms with van der Waals surface area (Å²) in [5.74, 6) is 0.139. The van der Waals surface area contributed by atoms with E-state index in [1.165, 1.54) is 6.33 Å². The van der Waals surface area contributed by atoms with Crippen molar-refractivity contribution >= 4 is 5.78 Å². The molecule has 0 spiro atoms. The van der Waals surface area contributed by atoms with Gasteiger partial charge in [-0.3, -0.25) is 4.79 Å². The van der Waals surface area contributed by atoms with Gasteiger partial charge < -0.3 is 0 Å². The Balaban J connectivity index is 2.20. The maximum absolute atomic E-state index is 12.4. The van der Waals surface area contributed by atoms with Crippen molar-refractivity contribution in [3.05, 3.63) is 48.0 Å². The number of carbonyl (C=O) groups excluding carboxylic acids is 1. The van der Waals surface area contributed by atoms with Crippen molar-refractivity contribution in [1.82, 2.24) is 14.8 Å². The van der Waals surface area contributed by atoms with Crippen LogP contribution >= 0.6 is 0 Å². The molecule has 1 atom stereocenters. The molecule has 0 fully saturated rings. The molecule has 0 saturated carbocycles. The molecule has 1 aromatic heterocycles. The fraction of sp³-hybridized carbons (Fsp3) is 0.438. The monoisotopic (exact) mass is 271 g/mol. The van der Waals surface area contributed by atoms with Gasteiger partial charge in [-0.2, -0.15) is 5.10 Å². The fourth-order valence-electron chi connectivity index (χ4n) is 2.21.